The molecule has 8 heteroatoms. The second kappa shape index (κ2) is 10.9. The normalized spacial score (nSPS) is 10.4. The van der Waals surface area contributed by atoms with Gasteiger partial charge in [0, 0.05) is 11.1 Å². The van der Waals surface area contributed by atoms with Gasteiger partial charge in [0.05, 0.1) is 24.3 Å². The number of hydrogen-bond acceptors (Lipinski definition) is 6. The van der Waals surface area contributed by atoms with Crippen LogP contribution in [0.3, 0.4) is 0 Å². The van der Waals surface area contributed by atoms with Gasteiger partial charge >= 0.3 is 0 Å². The van der Waals surface area contributed by atoms with Gasteiger partial charge in [-0.05, 0) is 69.5 Å². The Morgan fingerprint density at radius 3 is 1.81 bits per heavy atom. The number of ether oxygens (including phenoxy) is 2. The molecule has 31 heavy (non-hydrogen) atoms. The average molecular weight is 426 g/mol. The largest absolute Gasteiger partial charge is 0.494 e. The first kappa shape index (κ1) is 23.6. The van der Waals surface area contributed by atoms with Gasteiger partial charge in [-0.2, -0.15) is 0 Å². The Balaban J connectivity index is 1.86. The van der Waals surface area contributed by atoms with Crippen molar-refractivity contribution in [1.82, 2.24) is 0 Å². The minimum absolute atomic E-state index is 0.00561. The highest BCUT2D eigenvalue weighted by Crippen LogP contribution is 2.27. The van der Waals surface area contributed by atoms with Crippen LogP contribution < -0.4 is 20.9 Å². The Morgan fingerprint density at radius 2 is 1.29 bits per heavy atom. The molecule has 0 aliphatic heterocycles. The summed E-state index contributed by atoms with van der Waals surface area (Å²) in [5.41, 5.74) is 11.0. The number of rotatable bonds is 12. The van der Waals surface area contributed by atoms with Crippen molar-refractivity contribution in [3.63, 3.8) is 0 Å². The molecule has 0 aliphatic rings. The summed E-state index contributed by atoms with van der Waals surface area (Å²) >= 11 is 0. The number of nitrogens with two attached hydrogens (primary N) is 2. The molecule has 0 saturated heterocycles. The van der Waals surface area contributed by atoms with Crippen LogP contribution >= 0.6 is 0 Å². The molecule has 164 valence electrons. The molecule has 0 aliphatic carbocycles. The van der Waals surface area contributed by atoms with Crippen LogP contribution in [0.1, 0.15) is 74.5 Å². The molecule has 0 bridgehead atoms. The summed E-state index contributed by atoms with van der Waals surface area (Å²) in [7, 11) is 0. The molecule has 0 spiro atoms. The lowest BCUT2D eigenvalue weighted by atomic mass is 9.94. The maximum atomic E-state index is 12.1. The fourth-order valence-electron chi connectivity index (χ4n) is 3.09. The molecule has 8 nitrogen and oxygen atoms in total. The van der Waals surface area contributed by atoms with E-state index in [0.717, 1.165) is 12.8 Å². The van der Waals surface area contributed by atoms with Gasteiger partial charge in [-0.1, -0.05) is 0 Å². The van der Waals surface area contributed by atoms with Crippen molar-refractivity contribution in [3.05, 3.63) is 58.7 Å². The van der Waals surface area contributed by atoms with Gasteiger partial charge in [-0.25, -0.2) is 0 Å². The van der Waals surface area contributed by atoms with Crippen molar-refractivity contribution in [1.29, 1.82) is 0 Å². The molecule has 4 N–H and O–H groups in total. The van der Waals surface area contributed by atoms with E-state index >= 15 is 0 Å². The first-order chi connectivity index (χ1) is 14.7. The van der Waals surface area contributed by atoms with Crippen LogP contribution in [-0.2, 0) is 0 Å². The van der Waals surface area contributed by atoms with Crippen molar-refractivity contribution in [3.8, 4) is 11.5 Å². The van der Waals surface area contributed by atoms with Crippen molar-refractivity contribution in [2.45, 2.75) is 33.1 Å². The predicted octanol–water partition coefficient (Wildman–Crippen LogP) is 2.92. The molecular weight excluding hydrogens is 400 g/mol. The number of primary amides is 2. The van der Waals surface area contributed by atoms with Gasteiger partial charge in [-0.3, -0.25) is 19.2 Å². The number of carbonyl (C=O) groups excluding carboxylic acids is 4. The molecule has 0 saturated carbocycles. The summed E-state index contributed by atoms with van der Waals surface area (Å²) < 4.78 is 11.3. The van der Waals surface area contributed by atoms with E-state index < -0.39 is 17.6 Å². The van der Waals surface area contributed by atoms with E-state index in [2.05, 4.69) is 0 Å². The van der Waals surface area contributed by atoms with Crippen molar-refractivity contribution in [2.24, 2.45) is 11.5 Å². The van der Waals surface area contributed by atoms with Gasteiger partial charge in [0.2, 0.25) is 11.8 Å². The smallest absolute Gasteiger partial charge is 0.249 e. The summed E-state index contributed by atoms with van der Waals surface area (Å²) in [6.45, 7) is 3.42. The van der Waals surface area contributed by atoms with Crippen LogP contribution in [0.2, 0.25) is 0 Å². The zero-order valence-electron chi connectivity index (χ0n) is 17.6. The Hall–Kier alpha value is -3.68. The molecule has 2 rings (SSSR count). The van der Waals surface area contributed by atoms with E-state index in [4.69, 9.17) is 20.9 Å². The highest BCUT2D eigenvalue weighted by atomic mass is 16.5. The monoisotopic (exact) mass is 426 g/mol. The molecular formula is C23H26N2O6. The topological polar surface area (TPSA) is 139 Å². The van der Waals surface area contributed by atoms with Gasteiger partial charge in [0.15, 0.2) is 11.6 Å². The highest BCUT2D eigenvalue weighted by Gasteiger charge is 2.23. The van der Waals surface area contributed by atoms with E-state index in [1.807, 2.05) is 0 Å². The number of amides is 2. The van der Waals surface area contributed by atoms with Gasteiger partial charge in [0.25, 0.3) is 0 Å². The van der Waals surface area contributed by atoms with Gasteiger partial charge in [0.1, 0.15) is 11.5 Å². The molecule has 0 atom stereocenters. The van der Waals surface area contributed by atoms with E-state index in [9.17, 15) is 19.2 Å². The van der Waals surface area contributed by atoms with Gasteiger partial charge in [-0.15, -0.1) is 0 Å². The summed E-state index contributed by atoms with van der Waals surface area (Å²) in [5, 5.41) is 0. The van der Waals surface area contributed by atoms with Crippen LogP contribution in [0.25, 0.3) is 0 Å². The van der Waals surface area contributed by atoms with Crippen LogP contribution in [0.5, 0.6) is 11.5 Å². The van der Waals surface area contributed by atoms with E-state index in [-0.39, 0.29) is 28.2 Å². The zero-order valence-corrected chi connectivity index (χ0v) is 17.6. The SMILES string of the molecule is CC(=O)c1c(OCCCCCOc2ccc(C(N)=O)cc2)ccc(C(N)=O)c1C(C)=O. The third kappa shape index (κ3) is 6.40. The standard InChI is InChI=1S/C23H26N2O6/c1-14(26)20-18(23(25)29)10-11-19(21(20)15(2)27)31-13-5-3-4-12-30-17-8-6-16(7-9-17)22(24)28/h6-11H,3-5,12-13H2,1-2H3,(H2,24,28)(H2,25,29). The number of benzene rings is 2. The summed E-state index contributed by atoms with van der Waals surface area (Å²) in [5.74, 6) is -1.15. The third-order valence-corrected chi connectivity index (χ3v) is 4.59. The number of unbranched alkanes of at least 4 members (excludes halogenated alkanes) is 2. The van der Waals surface area contributed by atoms with Gasteiger partial charge < -0.3 is 20.9 Å². The first-order valence-corrected chi connectivity index (χ1v) is 9.86. The highest BCUT2D eigenvalue weighted by molar-refractivity contribution is 6.15. The van der Waals surface area contributed by atoms with Crippen LogP contribution in [0.15, 0.2) is 36.4 Å². The predicted molar refractivity (Wildman–Crippen MR) is 115 cm³/mol. The Bertz CT molecular complexity index is 982. The molecule has 0 unspecified atom stereocenters. The maximum absolute atomic E-state index is 12.1. The van der Waals surface area contributed by atoms with E-state index in [1.54, 1.807) is 24.3 Å². The van der Waals surface area contributed by atoms with E-state index in [0.29, 0.717) is 30.9 Å². The van der Waals surface area contributed by atoms with Crippen molar-refractivity contribution in [2.75, 3.05) is 13.2 Å². The summed E-state index contributed by atoms with van der Waals surface area (Å²) in [6, 6.07) is 9.48. The second-order valence-electron chi connectivity index (χ2n) is 6.98. The molecule has 0 heterocycles. The van der Waals surface area contributed by atoms with Crippen LogP contribution in [-0.4, -0.2) is 36.6 Å². The quantitative estimate of drug-likeness (QED) is 0.395. The molecule has 2 aromatic carbocycles. The number of carbonyl (C=O) groups is 4. The van der Waals surface area contributed by atoms with Crippen molar-refractivity contribution >= 4 is 23.4 Å². The lowest BCUT2D eigenvalue weighted by Gasteiger charge is -2.15. The maximum Gasteiger partial charge on any atom is 0.249 e. The number of Topliss-reactive ketones (excluding diaryl/α,β-unsaturated/α-hetero) is 2. The Labute approximate surface area is 180 Å². The summed E-state index contributed by atoms with van der Waals surface area (Å²) in [4.78, 5) is 46.8. The van der Waals surface area contributed by atoms with Crippen molar-refractivity contribution < 1.29 is 28.7 Å². The molecule has 0 radical (unpaired) electrons. The second-order valence-corrected chi connectivity index (χ2v) is 6.98. The molecule has 2 aromatic rings. The van der Waals surface area contributed by atoms with E-state index in [1.165, 1.54) is 26.0 Å². The minimum atomic E-state index is -0.775. The fourth-order valence-corrected chi connectivity index (χ4v) is 3.09. The average Bonchev–Trinajstić information content (AvgIpc) is 2.72. The molecule has 2 amide bonds. The Kier molecular flexibility index (Phi) is 8.31. The third-order valence-electron chi connectivity index (χ3n) is 4.59. The van der Waals surface area contributed by atoms with Crippen LogP contribution in [0, 0.1) is 0 Å². The zero-order chi connectivity index (χ0) is 23.0. The first-order valence-electron chi connectivity index (χ1n) is 9.86. The molecule has 0 aromatic heterocycles. The van der Waals surface area contributed by atoms with Crippen LogP contribution in [0.4, 0.5) is 0 Å². The molecule has 0 fully saturated rings. The lowest BCUT2D eigenvalue weighted by Crippen LogP contribution is -2.19. The number of ketones is 2. The number of hydrogen-bond donors (Lipinski definition) is 2. The lowest BCUT2D eigenvalue weighted by molar-refractivity contribution is 0.0961. The minimum Gasteiger partial charge on any atom is -0.494 e. The Morgan fingerprint density at radius 1 is 0.710 bits per heavy atom. The summed E-state index contributed by atoms with van der Waals surface area (Å²) in [6.07, 6.45) is 2.29. The fraction of sp³-hybridized carbons (Fsp3) is 0.304.